The topological polar surface area (TPSA) is 83.9 Å². The molecule has 0 aromatic carbocycles. The molecule has 0 saturated carbocycles. The quantitative estimate of drug-likeness (QED) is 0.782. The number of aliphatic carboxylic acids is 1. The summed E-state index contributed by atoms with van der Waals surface area (Å²) in [7, 11) is -1.89. The number of carboxylic acids is 1. The summed E-state index contributed by atoms with van der Waals surface area (Å²) in [4.78, 5) is 11.3. The summed E-state index contributed by atoms with van der Waals surface area (Å²) in [5.41, 5.74) is -0.907. The van der Waals surface area contributed by atoms with Crippen LogP contribution in [0, 0.1) is 11.3 Å². The fourth-order valence-electron chi connectivity index (χ4n) is 2.28. The van der Waals surface area contributed by atoms with E-state index in [1.54, 1.807) is 13.8 Å². The molecular weight excluding hydrogens is 270 g/mol. The smallest absolute Gasteiger partial charge is 0.309 e. The molecule has 1 N–H and O–H groups in total. The van der Waals surface area contributed by atoms with Gasteiger partial charge in [0.15, 0.2) is 0 Å². The van der Waals surface area contributed by atoms with E-state index in [1.807, 2.05) is 0 Å². The molecule has 0 radical (unpaired) electrons. The molecule has 0 spiro atoms. The molecule has 1 rings (SSSR count). The average molecular weight is 293 g/mol. The summed E-state index contributed by atoms with van der Waals surface area (Å²) in [5.74, 6) is -1.09. The van der Waals surface area contributed by atoms with Gasteiger partial charge < -0.3 is 9.84 Å². The molecular formula is C12H23NO5S. The van der Waals surface area contributed by atoms with E-state index in [2.05, 4.69) is 0 Å². The van der Waals surface area contributed by atoms with Gasteiger partial charge in [-0.05, 0) is 32.6 Å². The van der Waals surface area contributed by atoms with Crippen LogP contribution in [0.3, 0.4) is 0 Å². The Hall–Kier alpha value is -0.660. The normalized spacial score (nSPS) is 22.4. The van der Waals surface area contributed by atoms with Crippen molar-refractivity contribution in [2.24, 2.45) is 11.3 Å². The summed E-state index contributed by atoms with van der Waals surface area (Å²) in [6, 6.07) is 0. The molecule has 19 heavy (non-hydrogen) atoms. The van der Waals surface area contributed by atoms with Crippen LogP contribution in [0.5, 0.6) is 0 Å². The lowest BCUT2D eigenvalue weighted by Gasteiger charge is -2.38. The molecule has 0 aliphatic carbocycles. The number of ether oxygens (including phenoxy) is 1. The highest BCUT2D eigenvalue weighted by atomic mass is 32.2. The average Bonchev–Trinajstić information content (AvgIpc) is 2.36. The van der Waals surface area contributed by atoms with Gasteiger partial charge in [0.05, 0.1) is 17.8 Å². The van der Waals surface area contributed by atoms with E-state index in [-0.39, 0.29) is 24.8 Å². The molecule has 0 amide bonds. The summed E-state index contributed by atoms with van der Waals surface area (Å²) < 4.78 is 30.4. The Bertz CT molecular complexity index is 418. The predicted octanol–water partition coefficient (Wildman–Crippen LogP) is 0.785. The number of hydrogen-bond donors (Lipinski definition) is 1. The molecule has 1 saturated heterocycles. The van der Waals surface area contributed by atoms with Gasteiger partial charge in [-0.15, -0.1) is 0 Å². The molecule has 1 unspecified atom stereocenters. The Morgan fingerprint density at radius 1 is 1.47 bits per heavy atom. The first-order valence-electron chi connectivity index (χ1n) is 6.42. The minimum Gasteiger partial charge on any atom is -0.481 e. The van der Waals surface area contributed by atoms with Crippen molar-refractivity contribution in [2.75, 3.05) is 32.6 Å². The van der Waals surface area contributed by atoms with Crippen molar-refractivity contribution < 1.29 is 23.1 Å². The van der Waals surface area contributed by atoms with Gasteiger partial charge in [-0.25, -0.2) is 12.7 Å². The van der Waals surface area contributed by atoms with Crippen LogP contribution in [0.2, 0.25) is 0 Å². The number of carbonyl (C=O) groups is 1. The van der Waals surface area contributed by atoms with E-state index >= 15 is 0 Å². The van der Waals surface area contributed by atoms with Crippen LogP contribution >= 0.6 is 0 Å². The van der Waals surface area contributed by atoms with Crippen molar-refractivity contribution >= 4 is 16.0 Å². The third-order valence-corrected chi connectivity index (χ3v) is 5.70. The van der Waals surface area contributed by atoms with Crippen molar-refractivity contribution in [1.82, 2.24) is 4.31 Å². The standard InChI is InChI=1S/C12H23NO5S/c1-12(2,11(14)15)10-5-4-6-13(9-10)19(16,17)8-7-18-3/h10H,4-9H2,1-3H3,(H,14,15). The van der Waals surface area contributed by atoms with Crippen LogP contribution in [0.4, 0.5) is 0 Å². The van der Waals surface area contributed by atoms with Crippen LogP contribution < -0.4 is 0 Å². The second kappa shape index (κ2) is 6.19. The number of rotatable bonds is 6. The van der Waals surface area contributed by atoms with Crippen molar-refractivity contribution in [3.63, 3.8) is 0 Å². The number of piperidine rings is 1. The van der Waals surface area contributed by atoms with Crippen LogP contribution in [-0.2, 0) is 19.6 Å². The lowest BCUT2D eigenvalue weighted by molar-refractivity contribution is -0.151. The summed E-state index contributed by atoms with van der Waals surface area (Å²) in [5, 5.41) is 9.24. The second-order valence-electron chi connectivity index (χ2n) is 5.53. The minimum absolute atomic E-state index is 0.0519. The number of carboxylic acid groups (broad SMARTS) is 1. The molecule has 6 nitrogen and oxygen atoms in total. The molecule has 0 aromatic rings. The van der Waals surface area contributed by atoms with Crippen LogP contribution in [0.1, 0.15) is 26.7 Å². The van der Waals surface area contributed by atoms with Gasteiger partial charge in [0.25, 0.3) is 0 Å². The van der Waals surface area contributed by atoms with Crippen LogP contribution in [-0.4, -0.2) is 56.4 Å². The maximum absolute atomic E-state index is 12.1. The molecule has 1 aliphatic rings. The highest BCUT2D eigenvalue weighted by Gasteiger charge is 2.41. The maximum Gasteiger partial charge on any atom is 0.309 e. The molecule has 112 valence electrons. The summed E-state index contributed by atoms with van der Waals surface area (Å²) >= 11 is 0. The Balaban J connectivity index is 2.77. The van der Waals surface area contributed by atoms with Crippen molar-refractivity contribution in [2.45, 2.75) is 26.7 Å². The van der Waals surface area contributed by atoms with Gasteiger partial charge >= 0.3 is 5.97 Å². The zero-order chi connectivity index (χ0) is 14.7. The minimum atomic E-state index is -3.35. The van der Waals surface area contributed by atoms with Gasteiger partial charge in [0.1, 0.15) is 0 Å². The fourth-order valence-corrected chi connectivity index (χ4v) is 3.73. The lowest BCUT2D eigenvalue weighted by Crippen LogP contribution is -2.47. The van der Waals surface area contributed by atoms with Gasteiger partial charge in [0.2, 0.25) is 10.0 Å². The maximum atomic E-state index is 12.1. The number of sulfonamides is 1. The Labute approximate surface area is 114 Å². The third-order valence-electron chi connectivity index (χ3n) is 3.89. The van der Waals surface area contributed by atoms with E-state index in [4.69, 9.17) is 4.74 Å². The zero-order valence-electron chi connectivity index (χ0n) is 11.8. The third kappa shape index (κ3) is 3.90. The Kier molecular flexibility index (Phi) is 5.34. The Morgan fingerprint density at radius 2 is 2.11 bits per heavy atom. The molecule has 0 aromatic heterocycles. The van der Waals surface area contributed by atoms with Gasteiger partial charge in [-0.2, -0.15) is 0 Å². The highest BCUT2D eigenvalue weighted by Crippen LogP contribution is 2.35. The van der Waals surface area contributed by atoms with Gasteiger partial charge in [0, 0.05) is 20.2 Å². The fraction of sp³-hybridized carbons (Fsp3) is 0.917. The van der Waals surface area contributed by atoms with Crippen molar-refractivity contribution in [3.05, 3.63) is 0 Å². The SMILES string of the molecule is COCCS(=O)(=O)N1CCCC(C(C)(C)C(=O)O)C1. The number of hydrogen-bond acceptors (Lipinski definition) is 4. The summed E-state index contributed by atoms with van der Waals surface area (Å²) in [6.07, 6.45) is 1.45. The van der Waals surface area contributed by atoms with E-state index in [9.17, 15) is 18.3 Å². The van der Waals surface area contributed by atoms with Crippen molar-refractivity contribution in [3.8, 4) is 0 Å². The largest absolute Gasteiger partial charge is 0.481 e. The van der Waals surface area contributed by atoms with E-state index < -0.39 is 21.4 Å². The first-order chi connectivity index (χ1) is 8.71. The van der Waals surface area contributed by atoms with Crippen LogP contribution in [0.15, 0.2) is 0 Å². The zero-order valence-corrected chi connectivity index (χ0v) is 12.6. The number of methoxy groups -OCH3 is 1. The lowest BCUT2D eigenvalue weighted by atomic mass is 9.75. The first kappa shape index (κ1) is 16.4. The second-order valence-corrected chi connectivity index (χ2v) is 7.62. The Morgan fingerprint density at radius 3 is 2.63 bits per heavy atom. The molecule has 1 fully saturated rings. The van der Waals surface area contributed by atoms with Gasteiger partial charge in [-0.1, -0.05) is 0 Å². The molecule has 1 heterocycles. The highest BCUT2D eigenvalue weighted by molar-refractivity contribution is 7.89. The van der Waals surface area contributed by atoms with E-state index in [0.717, 1.165) is 6.42 Å². The molecule has 1 atom stereocenters. The first-order valence-corrected chi connectivity index (χ1v) is 8.03. The molecule has 1 aliphatic heterocycles. The van der Waals surface area contributed by atoms with Gasteiger partial charge in [-0.3, -0.25) is 4.79 Å². The van der Waals surface area contributed by atoms with Crippen molar-refractivity contribution in [1.29, 1.82) is 0 Å². The van der Waals surface area contributed by atoms with E-state index in [1.165, 1.54) is 11.4 Å². The number of nitrogens with zero attached hydrogens (tertiary/aromatic N) is 1. The van der Waals surface area contributed by atoms with Crippen LogP contribution in [0.25, 0.3) is 0 Å². The predicted molar refractivity (Wildman–Crippen MR) is 71.4 cm³/mol. The monoisotopic (exact) mass is 293 g/mol. The molecule has 7 heteroatoms. The van der Waals surface area contributed by atoms with E-state index in [0.29, 0.717) is 13.0 Å². The summed E-state index contributed by atoms with van der Waals surface area (Å²) in [6.45, 7) is 4.23. The molecule has 0 bridgehead atoms.